The molecule has 0 aliphatic carbocycles. The summed E-state index contributed by atoms with van der Waals surface area (Å²) >= 11 is 0. The lowest BCUT2D eigenvalue weighted by Gasteiger charge is -2.40. The Morgan fingerprint density at radius 3 is 1.34 bits per heavy atom. The second-order valence-electron chi connectivity index (χ2n) is 19.3. The van der Waals surface area contributed by atoms with E-state index in [1.54, 1.807) is 0 Å². The molecule has 0 aromatic rings. The molecule has 13 heteroatoms. The van der Waals surface area contributed by atoms with Crippen LogP contribution in [0.5, 0.6) is 0 Å². The van der Waals surface area contributed by atoms with Crippen molar-refractivity contribution in [2.45, 2.75) is 288 Å². The summed E-state index contributed by atoms with van der Waals surface area (Å²) in [6.07, 6.45) is 42.2. The summed E-state index contributed by atoms with van der Waals surface area (Å²) in [6, 6.07) is 0. The van der Waals surface area contributed by atoms with Gasteiger partial charge in [0.25, 0.3) is 10.1 Å². The summed E-state index contributed by atoms with van der Waals surface area (Å²) in [4.78, 5) is 25.6. The number of aliphatic hydroxyl groups excluding tert-OH is 3. The summed E-state index contributed by atoms with van der Waals surface area (Å²) in [5.41, 5.74) is 0. The molecule has 394 valence electrons. The first-order valence-corrected chi connectivity index (χ1v) is 29.0. The van der Waals surface area contributed by atoms with Crippen LogP contribution < -0.4 is 0 Å². The van der Waals surface area contributed by atoms with Gasteiger partial charge in [0.05, 0.1) is 6.61 Å². The number of hydrogen-bond acceptors (Lipinski definition) is 11. The topological polar surface area (TPSA) is 186 Å². The first-order chi connectivity index (χ1) is 32.5. The van der Waals surface area contributed by atoms with E-state index in [-0.39, 0.29) is 19.4 Å². The molecule has 67 heavy (non-hydrogen) atoms. The molecule has 0 bridgehead atoms. The predicted molar refractivity (Wildman–Crippen MR) is 270 cm³/mol. The number of carbonyl (C=O) groups excluding carboxylic acids is 2. The molecular formula is C54H100O12S. The highest BCUT2D eigenvalue weighted by molar-refractivity contribution is 7.85. The van der Waals surface area contributed by atoms with Gasteiger partial charge in [-0.15, -0.1) is 0 Å². The van der Waals surface area contributed by atoms with Gasteiger partial charge < -0.3 is 34.3 Å². The van der Waals surface area contributed by atoms with Crippen LogP contribution in [0.25, 0.3) is 0 Å². The molecule has 12 nitrogen and oxygen atoms in total. The molecule has 6 unspecified atom stereocenters. The maximum Gasteiger partial charge on any atom is 0.306 e. The van der Waals surface area contributed by atoms with Crippen LogP contribution in [0.1, 0.15) is 251 Å². The maximum absolute atomic E-state index is 12.9. The van der Waals surface area contributed by atoms with Crippen LogP contribution in [0.15, 0.2) is 24.3 Å². The number of rotatable bonds is 47. The quantitative estimate of drug-likeness (QED) is 0.0196. The molecule has 4 N–H and O–H groups in total. The van der Waals surface area contributed by atoms with Crippen LogP contribution in [-0.2, 0) is 38.7 Å². The van der Waals surface area contributed by atoms with Crippen molar-refractivity contribution >= 4 is 22.1 Å². The van der Waals surface area contributed by atoms with Gasteiger partial charge in [-0.2, -0.15) is 8.42 Å². The smallest absolute Gasteiger partial charge is 0.306 e. The summed E-state index contributed by atoms with van der Waals surface area (Å²) in [6.45, 7) is 3.78. The normalized spacial score (nSPS) is 19.4. The number of aliphatic hydroxyl groups is 3. The van der Waals surface area contributed by atoms with E-state index in [2.05, 4.69) is 38.2 Å². The van der Waals surface area contributed by atoms with Crippen LogP contribution in [0.3, 0.4) is 0 Å². The highest BCUT2D eigenvalue weighted by Crippen LogP contribution is 2.24. The lowest BCUT2D eigenvalue weighted by molar-refractivity contribution is -0.297. The molecule has 1 heterocycles. The van der Waals surface area contributed by atoms with Crippen LogP contribution >= 0.6 is 0 Å². The molecule has 0 amide bonds. The number of carbonyl (C=O) groups is 2. The van der Waals surface area contributed by atoms with Crippen molar-refractivity contribution in [1.82, 2.24) is 0 Å². The van der Waals surface area contributed by atoms with E-state index >= 15 is 0 Å². The fourth-order valence-electron chi connectivity index (χ4n) is 8.53. The Hall–Kier alpha value is -1.87. The van der Waals surface area contributed by atoms with E-state index in [4.69, 9.17) is 18.9 Å². The van der Waals surface area contributed by atoms with Crippen molar-refractivity contribution in [3.8, 4) is 0 Å². The predicted octanol–water partition coefficient (Wildman–Crippen LogP) is 12.7. The molecule has 0 saturated carbocycles. The Bertz CT molecular complexity index is 1320. The van der Waals surface area contributed by atoms with Gasteiger partial charge >= 0.3 is 11.9 Å². The summed E-state index contributed by atoms with van der Waals surface area (Å²) in [7, 11) is -4.61. The molecule has 6 atom stereocenters. The van der Waals surface area contributed by atoms with Crippen molar-refractivity contribution in [2.75, 3.05) is 19.0 Å². The Kier molecular flexibility index (Phi) is 41.6. The third kappa shape index (κ3) is 38.6. The molecule has 0 aromatic carbocycles. The van der Waals surface area contributed by atoms with Crippen LogP contribution in [0, 0.1) is 0 Å². The monoisotopic (exact) mass is 973 g/mol. The Labute approximate surface area is 408 Å². The standard InChI is InChI=1S/C54H100O12S/c1-3-5-7-9-11-13-15-17-19-21-22-23-24-25-27-28-30-32-34-36-38-40-42-49(55)63-44-47(45-64-54-53(59)52(58)51(57)48(66-54)46-67(60,61)62)65-50(56)43-41-39-37-35-33-31-29-26-20-18-16-14-12-10-8-6-4-2/h12,14,18,20,47-48,51-54,57-59H,3-11,13,15-17,19,21-46H2,1-2H3,(H,60,61,62)/b14-12-,20-18-. The fraction of sp³-hybridized carbons (Fsp3) is 0.889. The zero-order chi connectivity index (χ0) is 49.1. The lowest BCUT2D eigenvalue weighted by atomic mass is 10.00. The second kappa shape index (κ2) is 44.1. The maximum atomic E-state index is 12.9. The van der Waals surface area contributed by atoms with Gasteiger partial charge in [0, 0.05) is 12.8 Å². The number of allylic oxidation sites excluding steroid dienone is 4. The van der Waals surface area contributed by atoms with E-state index in [9.17, 15) is 37.9 Å². The molecule has 0 radical (unpaired) electrons. The van der Waals surface area contributed by atoms with E-state index in [1.165, 1.54) is 154 Å². The minimum Gasteiger partial charge on any atom is -0.462 e. The van der Waals surface area contributed by atoms with Gasteiger partial charge in [0.1, 0.15) is 36.8 Å². The summed E-state index contributed by atoms with van der Waals surface area (Å²) < 4.78 is 54.3. The number of esters is 2. The van der Waals surface area contributed by atoms with E-state index in [0.717, 1.165) is 57.8 Å². The zero-order valence-electron chi connectivity index (χ0n) is 42.5. The third-order valence-corrected chi connectivity index (χ3v) is 13.5. The van der Waals surface area contributed by atoms with Crippen molar-refractivity contribution in [1.29, 1.82) is 0 Å². The van der Waals surface area contributed by atoms with E-state index in [1.807, 2.05) is 0 Å². The highest BCUT2D eigenvalue weighted by Gasteiger charge is 2.46. The molecular weight excluding hydrogens is 873 g/mol. The number of ether oxygens (including phenoxy) is 4. The van der Waals surface area contributed by atoms with Gasteiger partial charge in [-0.3, -0.25) is 14.1 Å². The Morgan fingerprint density at radius 1 is 0.507 bits per heavy atom. The Balaban J connectivity index is 2.32. The molecule has 1 fully saturated rings. The van der Waals surface area contributed by atoms with Crippen molar-refractivity contribution < 1.29 is 56.8 Å². The highest BCUT2D eigenvalue weighted by atomic mass is 32.2. The molecule has 0 aromatic heterocycles. The summed E-state index contributed by atoms with van der Waals surface area (Å²) in [5.74, 6) is -1.98. The van der Waals surface area contributed by atoms with Crippen molar-refractivity contribution in [2.24, 2.45) is 0 Å². The lowest BCUT2D eigenvalue weighted by Crippen LogP contribution is -2.60. The van der Waals surface area contributed by atoms with Gasteiger partial charge in [-0.25, -0.2) is 0 Å². The third-order valence-electron chi connectivity index (χ3n) is 12.8. The van der Waals surface area contributed by atoms with E-state index < -0.39 is 71.2 Å². The van der Waals surface area contributed by atoms with Crippen LogP contribution in [-0.4, -0.2) is 96.0 Å². The first-order valence-electron chi connectivity index (χ1n) is 27.4. The molecule has 1 saturated heterocycles. The van der Waals surface area contributed by atoms with Crippen molar-refractivity contribution in [3.63, 3.8) is 0 Å². The number of unbranched alkanes of at least 4 members (excludes halogenated alkanes) is 31. The second-order valence-corrected chi connectivity index (χ2v) is 20.8. The average molecular weight is 973 g/mol. The molecule has 1 rings (SSSR count). The SMILES string of the molecule is CCCCC/C=C\C/C=C\CCCCCCCCCC(=O)OC(COC(=O)CCCCCCCCCCCCCCCCCCCCCCCC)COC1OC(CS(=O)(=O)O)C(O)C(O)C1O. The van der Waals surface area contributed by atoms with Gasteiger partial charge in [-0.05, 0) is 44.9 Å². The minimum absolute atomic E-state index is 0.158. The summed E-state index contributed by atoms with van der Waals surface area (Å²) in [5, 5.41) is 31.0. The van der Waals surface area contributed by atoms with Gasteiger partial charge in [0.2, 0.25) is 0 Å². The van der Waals surface area contributed by atoms with Crippen molar-refractivity contribution in [3.05, 3.63) is 24.3 Å². The largest absolute Gasteiger partial charge is 0.462 e. The van der Waals surface area contributed by atoms with Gasteiger partial charge in [-0.1, -0.05) is 218 Å². The zero-order valence-corrected chi connectivity index (χ0v) is 43.3. The fourth-order valence-corrected chi connectivity index (χ4v) is 9.22. The number of hydrogen-bond donors (Lipinski definition) is 4. The molecule has 1 aliphatic rings. The van der Waals surface area contributed by atoms with E-state index in [0.29, 0.717) is 12.8 Å². The first kappa shape index (κ1) is 63.1. The Morgan fingerprint density at radius 2 is 0.896 bits per heavy atom. The minimum atomic E-state index is -4.61. The van der Waals surface area contributed by atoms with Gasteiger partial charge in [0.15, 0.2) is 12.4 Å². The molecule has 0 spiro atoms. The average Bonchev–Trinajstić information content (AvgIpc) is 3.30. The van der Waals surface area contributed by atoms with Crippen LogP contribution in [0.2, 0.25) is 0 Å². The molecule has 1 aliphatic heterocycles. The van der Waals surface area contributed by atoms with Crippen LogP contribution in [0.4, 0.5) is 0 Å².